The number of aromatic nitrogens is 2. The average molecular weight is 220 g/mol. The third kappa shape index (κ3) is 2.59. The summed E-state index contributed by atoms with van der Waals surface area (Å²) in [5.74, 6) is 2.35. The molecule has 0 aliphatic heterocycles. The summed E-state index contributed by atoms with van der Waals surface area (Å²) >= 11 is 0. The molecule has 0 bridgehead atoms. The maximum absolute atomic E-state index is 8.94. The Kier molecular flexibility index (Phi) is 3.88. The predicted molar refractivity (Wildman–Crippen MR) is 62.9 cm³/mol. The highest BCUT2D eigenvalue weighted by atomic mass is 16.3. The molecule has 1 saturated carbocycles. The first-order valence-corrected chi connectivity index (χ1v) is 6.25. The van der Waals surface area contributed by atoms with Gasteiger partial charge in [-0.3, -0.25) is 0 Å². The van der Waals surface area contributed by atoms with Gasteiger partial charge in [-0.15, -0.1) is 0 Å². The Hall–Kier alpha value is -0.960. The minimum absolute atomic E-state index is 0.0303. The molecule has 0 radical (unpaired) electrons. The van der Waals surface area contributed by atoms with Crippen molar-refractivity contribution >= 4 is 0 Å². The highest BCUT2D eigenvalue weighted by Crippen LogP contribution is 2.35. The fourth-order valence-electron chi connectivity index (χ4n) is 2.55. The van der Waals surface area contributed by atoms with Gasteiger partial charge in [-0.1, -0.05) is 26.2 Å². The van der Waals surface area contributed by atoms with Crippen molar-refractivity contribution in [3.63, 3.8) is 0 Å². The molecule has 1 N–H and O–H groups in total. The van der Waals surface area contributed by atoms with Crippen LogP contribution in [0.3, 0.4) is 0 Å². The third-order valence-electron chi connectivity index (χ3n) is 3.63. The second kappa shape index (κ2) is 5.39. The molecule has 16 heavy (non-hydrogen) atoms. The number of aliphatic hydroxyl groups excluding tert-OH is 1. The molecule has 2 atom stereocenters. The van der Waals surface area contributed by atoms with E-state index in [9.17, 15) is 0 Å². The van der Waals surface area contributed by atoms with Crippen molar-refractivity contribution in [2.45, 2.75) is 51.6 Å². The SMILES string of the molecule is CCC1CCCC(c2ncc(CO)cn2)C1. The van der Waals surface area contributed by atoms with Crippen LogP contribution in [0.1, 0.15) is 56.3 Å². The van der Waals surface area contributed by atoms with Crippen LogP contribution in [-0.4, -0.2) is 15.1 Å². The molecule has 2 unspecified atom stereocenters. The smallest absolute Gasteiger partial charge is 0.131 e. The fourth-order valence-corrected chi connectivity index (χ4v) is 2.55. The zero-order chi connectivity index (χ0) is 11.4. The lowest BCUT2D eigenvalue weighted by molar-refractivity contribution is 0.279. The van der Waals surface area contributed by atoms with Crippen LogP contribution in [0.25, 0.3) is 0 Å². The van der Waals surface area contributed by atoms with Crippen LogP contribution in [0, 0.1) is 5.92 Å². The molecule has 1 fully saturated rings. The summed E-state index contributed by atoms with van der Waals surface area (Å²) in [7, 11) is 0. The van der Waals surface area contributed by atoms with E-state index in [0.717, 1.165) is 17.3 Å². The normalized spacial score (nSPS) is 25.6. The Morgan fingerprint density at radius 1 is 1.31 bits per heavy atom. The van der Waals surface area contributed by atoms with Crippen LogP contribution in [-0.2, 0) is 6.61 Å². The number of rotatable bonds is 3. The van der Waals surface area contributed by atoms with Crippen molar-refractivity contribution in [3.05, 3.63) is 23.8 Å². The molecule has 1 aromatic rings. The first-order valence-electron chi connectivity index (χ1n) is 6.25. The summed E-state index contributed by atoms with van der Waals surface area (Å²) in [5.41, 5.74) is 0.798. The van der Waals surface area contributed by atoms with Crippen LogP contribution in [0.2, 0.25) is 0 Å². The summed E-state index contributed by atoms with van der Waals surface area (Å²) in [6.07, 6.45) is 9.88. The topological polar surface area (TPSA) is 46.0 Å². The van der Waals surface area contributed by atoms with Gasteiger partial charge in [0.1, 0.15) is 5.82 Å². The van der Waals surface area contributed by atoms with Crippen LogP contribution in [0.5, 0.6) is 0 Å². The summed E-state index contributed by atoms with van der Waals surface area (Å²) in [6, 6.07) is 0. The quantitative estimate of drug-likeness (QED) is 0.851. The van der Waals surface area contributed by atoms with E-state index >= 15 is 0 Å². The number of hydrogen-bond acceptors (Lipinski definition) is 3. The first-order chi connectivity index (χ1) is 7.83. The van der Waals surface area contributed by atoms with Gasteiger partial charge in [-0.25, -0.2) is 9.97 Å². The molecule has 1 aromatic heterocycles. The highest BCUT2D eigenvalue weighted by molar-refractivity contribution is 5.07. The average Bonchev–Trinajstić information content (AvgIpc) is 2.39. The molecule has 0 saturated heterocycles. The second-order valence-electron chi connectivity index (χ2n) is 4.75. The van der Waals surface area contributed by atoms with Gasteiger partial charge in [0, 0.05) is 23.9 Å². The zero-order valence-corrected chi connectivity index (χ0v) is 9.89. The van der Waals surface area contributed by atoms with Crippen molar-refractivity contribution in [2.75, 3.05) is 0 Å². The zero-order valence-electron chi connectivity index (χ0n) is 9.89. The molecule has 0 spiro atoms. The fraction of sp³-hybridized carbons (Fsp3) is 0.692. The van der Waals surface area contributed by atoms with E-state index in [4.69, 9.17) is 5.11 Å². The Labute approximate surface area is 96.9 Å². The van der Waals surface area contributed by atoms with Gasteiger partial charge in [-0.2, -0.15) is 0 Å². The van der Waals surface area contributed by atoms with Gasteiger partial charge in [0.05, 0.1) is 6.61 Å². The number of aliphatic hydroxyl groups is 1. The Balaban J connectivity index is 2.05. The number of hydrogen-bond donors (Lipinski definition) is 1. The summed E-state index contributed by atoms with van der Waals surface area (Å²) in [5, 5.41) is 8.94. The van der Waals surface area contributed by atoms with E-state index in [0.29, 0.717) is 5.92 Å². The highest BCUT2D eigenvalue weighted by Gasteiger charge is 2.23. The van der Waals surface area contributed by atoms with E-state index in [2.05, 4.69) is 16.9 Å². The summed E-state index contributed by atoms with van der Waals surface area (Å²) in [4.78, 5) is 8.74. The Bertz CT molecular complexity index is 323. The van der Waals surface area contributed by atoms with E-state index < -0.39 is 0 Å². The van der Waals surface area contributed by atoms with Crippen LogP contribution in [0.4, 0.5) is 0 Å². The van der Waals surface area contributed by atoms with Gasteiger partial charge in [-0.05, 0) is 18.8 Å². The molecule has 3 nitrogen and oxygen atoms in total. The maximum Gasteiger partial charge on any atom is 0.131 e. The van der Waals surface area contributed by atoms with Crippen LogP contribution < -0.4 is 0 Å². The standard InChI is InChI=1S/C13H20N2O/c1-2-10-4-3-5-12(6-10)13-14-7-11(9-16)8-15-13/h7-8,10,12,16H,2-6,9H2,1H3. The molecule has 88 valence electrons. The van der Waals surface area contributed by atoms with Crippen LogP contribution in [0.15, 0.2) is 12.4 Å². The lowest BCUT2D eigenvalue weighted by atomic mass is 9.80. The van der Waals surface area contributed by atoms with E-state index in [1.165, 1.54) is 32.1 Å². The van der Waals surface area contributed by atoms with Gasteiger partial charge < -0.3 is 5.11 Å². The molecule has 0 aromatic carbocycles. The lowest BCUT2D eigenvalue weighted by Crippen LogP contribution is -2.15. The van der Waals surface area contributed by atoms with E-state index in [-0.39, 0.29) is 6.61 Å². The molecular formula is C13H20N2O. The largest absolute Gasteiger partial charge is 0.392 e. The van der Waals surface area contributed by atoms with Crippen LogP contribution >= 0.6 is 0 Å². The van der Waals surface area contributed by atoms with E-state index in [1.807, 2.05) is 0 Å². The summed E-state index contributed by atoms with van der Waals surface area (Å²) in [6.45, 7) is 2.30. The van der Waals surface area contributed by atoms with Crippen molar-refractivity contribution in [1.29, 1.82) is 0 Å². The van der Waals surface area contributed by atoms with Crippen molar-refractivity contribution < 1.29 is 5.11 Å². The molecule has 1 aliphatic rings. The monoisotopic (exact) mass is 220 g/mol. The molecule has 3 heteroatoms. The minimum atomic E-state index is 0.0303. The second-order valence-corrected chi connectivity index (χ2v) is 4.75. The predicted octanol–water partition coefficient (Wildman–Crippen LogP) is 2.65. The molecule has 2 rings (SSSR count). The maximum atomic E-state index is 8.94. The Morgan fingerprint density at radius 2 is 2.06 bits per heavy atom. The molecule has 1 aliphatic carbocycles. The molecular weight excluding hydrogens is 200 g/mol. The van der Waals surface area contributed by atoms with E-state index in [1.54, 1.807) is 12.4 Å². The van der Waals surface area contributed by atoms with Crippen molar-refractivity contribution in [3.8, 4) is 0 Å². The molecule has 1 heterocycles. The van der Waals surface area contributed by atoms with Gasteiger partial charge in [0.15, 0.2) is 0 Å². The van der Waals surface area contributed by atoms with Gasteiger partial charge >= 0.3 is 0 Å². The Morgan fingerprint density at radius 3 is 2.69 bits per heavy atom. The lowest BCUT2D eigenvalue weighted by Gasteiger charge is -2.27. The van der Waals surface area contributed by atoms with Gasteiger partial charge in [0.25, 0.3) is 0 Å². The van der Waals surface area contributed by atoms with Gasteiger partial charge in [0.2, 0.25) is 0 Å². The van der Waals surface area contributed by atoms with Crippen molar-refractivity contribution in [2.24, 2.45) is 5.92 Å². The first kappa shape index (κ1) is 11.5. The third-order valence-corrected chi connectivity index (χ3v) is 3.63. The summed E-state index contributed by atoms with van der Waals surface area (Å²) < 4.78 is 0. The van der Waals surface area contributed by atoms with Crippen molar-refractivity contribution in [1.82, 2.24) is 9.97 Å². The minimum Gasteiger partial charge on any atom is -0.392 e. The number of nitrogens with zero attached hydrogens (tertiary/aromatic N) is 2. The molecule has 0 amide bonds.